The van der Waals surface area contributed by atoms with Crippen molar-refractivity contribution < 1.29 is 22.7 Å². The van der Waals surface area contributed by atoms with E-state index in [1.54, 1.807) is 13.0 Å². The van der Waals surface area contributed by atoms with Crippen molar-refractivity contribution in [3.05, 3.63) is 32.4 Å². The number of alkyl halides is 3. The van der Waals surface area contributed by atoms with Crippen molar-refractivity contribution in [2.75, 3.05) is 6.61 Å². The van der Waals surface area contributed by atoms with Crippen LogP contribution in [-0.4, -0.2) is 12.6 Å². The number of rotatable bonds is 3. The topological polar surface area (TPSA) is 50.1 Å². The Hall–Kier alpha value is -1.30. The lowest BCUT2D eigenvalue weighted by molar-refractivity contribution is -0.142. The van der Waals surface area contributed by atoms with Crippen molar-refractivity contribution in [1.29, 1.82) is 5.26 Å². The van der Waals surface area contributed by atoms with Gasteiger partial charge >= 0.3 is 12.1 Å². The molecule has 0 aliphatic carbocycles. The van der Waals surface area contributed by atoms with E-state index in [1.165, 1.54) is 28.7 Å². The van der Waals surface area contributed by atoms with Gasteiger partial charge < -0.3 is 4.74 Å². The Balaban J connectivity index is 3.19. The van der Waals surface area contributed by atoms with Crippen LogP contribution in [0.3, 0.4) is 0 Å². The molecule has 1 aromatic carbocycles. The van der Waals surface area contributed by atoms with Crippen molar-refractivity contribution in [3.8, 4) is 6.07 Å². The van der Waals surface area contributed by atoms with Crippen LogP contribution in [-0.2, 0) is 22.1 Å². The monoisotopic (exact) mass is 383 g/mol. The van der Waals surface area contributed by atoms with Crippen LogP contribution in [0, 0.1) is 14.9 Å². The first-order valence-electron chi connectivity index (χ1n) is 5.25. The van der Waals surface area contributed by atoms with Crippen molar-refractivity contribution in [1.82, 2.24) is 0 Å². The molecular weight excluding hydrogens is 374 g/mol. The quantitative estimate of drug-likeness (QED) is 0.595. The van der Waals surface area contributed by atoms with E-state index in [-0.39, 0.29) is 27.7 Å². The molecule has 0 aliphatic heterocycles. The molecular formula is C12H9F3INO2. The van der Waals surface area contributed by atoms with Crippen LogP contribution < -0.4 is 0 Å². The second kappa shape index (κ2) is 6.23. The molecule has 0 spiro atoms. The smallest absolute Gasteiger partial charge is 0.417 e. The molecule has 0 N–H and O–H groups in total. The van der Waals surface area contributed by atoms with E-state index in [9.17, 15) is 18.0 Å². The number of nitrogens with zero attached hydrogens (tertiary/aromatic N) is 1. The van der Waals surface area contributed by atoms with E-state index in [1.807, 2.05) is 0 Å². The van der Waals surface area contributed by atoms with Crippen LogP contribution in [0.5, 0.6) is 0 Å². The Morgan fingerprint density at radius 3 is 2.58 bits per heavy atom. The summed E-state index contributed by atoms with van der Waals surface area (Å²) in [6.07, 6.45) is -4.74. The summed E-state index contributed by atoms with van der Waals surface area (Å²) in [5.74, 6) is -0.574. The summed E-state index contributed by atoms with van der Waals surface area (Å²) in [5, 5.41) is 8.87. The van der Waals surface area contributed by atoms with E-state index >= 15 is 0 Å². The molecule has 0 aromatic heterocycles. The second-order valence-corrected chi connectivity index (χ2v) is 4.74. The van der Waals surface area contributed by atoms with E-state index in [0.717, 1.165) is 6.07 Å². The minimum atomic E-state index is -4.52. The lowest BCUT2D eigenvalue weighted by atomic mass is 10.0. The molecule has 0 aliphatic rings. The van der Waals surface area contributed by atoms with Crippen LogP contribution in [0.15, 0.2) is 12.1 Å². The number of halogens is 4. The number of hydrogen-bond acceptors (Lipinski definition) is 3. The average Bonchev–Trinajstić information content (AvgIpc) is 2.27. The highest BCUT2D eigenvalue weighted by molar-refractivity contribution is 14.1. The Labute approximate surface area is 121 Å². The summed E-state index contributed by atoms with van der Waals surface area (Å²) in [7, 11) is 0. The molecule has 102 valence electrons. The van der Waals surface area contributed by atoms with Gasteiger partial charge in [-0.25, -0.2) is 0 Å². The lowest BCUT2D eigenvalue weighted by Crippen LogP contribution is -2.12. The standard InChI is InChI=1S/C12H9F3INO2/c1-2-19-11(18)5-7-4-10(16)9(12(13,14)15)3-8(7)6-17/h3-4H,2,5H2,1H3. The highest BCUT2D eigenvalue weighted by atomic mass is 127. The largest absolute Gasteiger partial charge is 0.466 e. The van der Waals surface area contributed by atoms with Crippen LogP contribution in [0.4, 0.5) is 13.2 Å². The van der Waals surface area contributed by atoms with Gasteiger partial charge in [-0.2, -0.15) is 18.4 Å². The first-order chi connectivity index (χ1) is 8.79. The van der Waals surface area contributed by atoms with Gasteiger partial charge in [-0.3, -0.25) is 4.79 Å². The molecule has 0 fully saturated rings. The predicted molar refractivity (Wildman–Crippen MR) is 69.2 cm³/mol. The molecule has 0 atom stereocenters. The highest BCUT2D eigenvalue weighted by Gasteiger charge is 2.34. The van der Waals surface area contributed by atoms with Gasteiger partial charge in [0.15, 0.2) is 0 Å². The van der Waals surface area contributed by atoms with Gasteiger partial charge in [-0.05, 0) is 47.2 Å². The fourth-order valence-electron chi connectivity index (χ4n) is 1.45. The van der Waals surface area contributed by atoms with Crippen LogP contribution >= 0.6 is 22.6 Å². The third-order valence-corrected chi connectivity index (χ3v) is 3.15. The molecule has 1 aromatic rings. The van der Waals surface area contributed by atoms with Crippen molar-refractivity contribution >= 4 is 28.6 Å². The van der Waals surface area contributed by atoms with Crippen LogP contribution in [0.2, 0.25) is 0 Å². The number of hydrogen-bond donors (Lipinski definition) is 0. The summed E-state index contributed by atoms with van der Waals surface area (Å²) in [6.45, 7) is 1.80. The number of benzene rings is 1. The second-order valence-electron chi connectivity index (χ2n) is 3.58. The van der Waals surface area contributed by atoms with E-state index < -0.39 is 17.7 Å². The fourth-order valence-corrected chi connectivity index (χ4v) is 2.29. The molecule has 0 heterocycles. The van der Waals surface area contributed by atoms with E-state index in [2.05, 4.69) is 0 Å². The molecule has 0 saturated carbocycles. The number of carbonyl (C=O) groups is 1. The zero-order valence-electron chi connectivity index (χ0n) is 9.84. The Morgan fingerprint density at radius 1 is 1.47 bits per heavy atom. The maximum atomic E-state index is 12.7. The minimum Gasteiger partial charge on any atom is -0.466 e. The van der Waals surface area contributed by atoms with Crippen molar-refractivity contribution in [3.63, 3.8) is 0 Å². The SMILES string of the molecule is CCOC(=O)Cc1cc(I)c(C(F)(F)F)cc1C#N. The number of nitriles is 1. The number of carbonyl (C=O) groups excluding carboxylic acids is 1. The molecule has 0 bridgehead atoms. The molecule has 7 heteroatoms. The van der Waals surface area contributed by atoms with Gasteiger partial charge in [0.05, 0.1) is 30.2 Å². The van der Waals surface area contributed by atoms with Gasteiger partial charge in [0.1, 0.15) is 0 Å². The van der Waals surface area contributed by atoms with Gasteiger partial charge in [0.25, 0.3) is 0 Å². The fraction of sp³-hybridized carbons (Fsp3) is 0.333. The molecule has 0 saturated heterocycles. The molecule has 1 rings (SSSR count). The molecule has 0 radical (unpaired) electrons. The summed E-state index contributed by atoms with van der Waals surface area (Å²) in [4.78, 5) is 11.3. The predicted octanol–water partition coefficient (Wildman–Crippen LogP) is 3.29. The molecule has 0 amide bonds. The summed E-state index contributed by atoms with van der Waals surface area (Å²) >= 11 is 1.53. The van der Waals surface area contributed by atoms with Crippen LogP contribution in [0.25, 0.3) is 0 Å². The van der Waals surface area contributed by atoms with E-state index in [0.29, 0.717) is 0 Å². The van der Waals surface area contributed by atoms with Gasteiger partial charge in [-0.1, -0.05) is 0 Å². The van der Waals surface area contributed by atoms with Crippen molar-refractivity contribution in [2.45, 2.75) is 19.5 Å². The third-order valence-electron chi connectivity index (χ3n) is 2.26. The summed E-state index contributed by atoms with van der Waals surface area (Å²) in [6, 6.07) is 3.63. The zero-order valence-corrected chi connectivity index (χ0v) is 12.0. The van der Waals surface area contributed by atoms with E-state index in [4.69, 9.17) is 10.00 Å². The maximum absolute atomic E-state index is 12.7. The molecule has 3 nitrogen and oxygen atoms in total. The first kappa shape index (κ1) is 15.8. The Bertz CT molecular complexity index is 535. The van der Waals surface area contributed by atoms with Crippen LogP contribution in [0.1, 0.15) is 23.6 Å². The highest BCUT2D eigenvalue weighted by Crippen LogP contribution is 2.34. The zero-order chi connectivity index (χ0) is 14.6. The number of esters is 1. The van der Waals surface area contributed by atoms with Crippen molar-refractivity contribution in [2.24, 2.45) is 0 Å². The minimum absolute atomic E-state index is 0.0524. The Morgan fingerprint density at radius 2 is 2.11 bits per heavy atom. The third kappa shape index (κ3) is 4.09. The Kier molecular flexibility index (Phi) is 5.17. The normalized spacial score (nSPS) is 10.9. The average molecular weight is 383 g/mol. The van der Waals surface area contributed by atoms with Gasteiger partial charge in [-0.15, -0.1) is 0 Å². The maximum Gasteiger partial charge on any atom is 0.417 e. The molecule has 0 unspecified atom stereocenters. The first-order valence-corrected chi connectivity index (χ1v) is 6.32. The summed E-state index contributed by atoms with van der Waals surface area (Å²) in [5.41, 5.74) is -0.809. The number of ether oxygens (including phenoxy) is 1. The summed E-state index contributed by atoms with van der Waals surface area (Å²) < 4.78 is 42.7. The van der Waals surface area contributed by atoms with Gasteiger partial charge in [0.2, 0.25) is 0 Å². The lowest BCUT2D eigenvalue weighted by Gasteiger charge is -2.12. The van der Waals surface area contributed by atoms with Gasteiger partial charge in [0, 0.05) is 3.57 Å². The molecule has 19 heavy (non-hydrogen) atoms.